The molecule has 0 aliphatic heterocycles. The van der Waals surface area contributed by atoms with Crippen LogP contribution < -0.4 is 11.1 Å². The molecular formula is C18H23FN2. The molecule has 0 radical (unpaired) electrons. The lowest BCUT2D eigenvalue weighted by molar-refractivity contribution is 0.271. The largest absolute Gasteiger partial charge is 0.398 e. The van der Waals surface area contributed by atoms with Crippen LogP contribution in [0.5, 0.6) is 0 Å². The molecule has 0 saturated carbocycles. The minimum absolute atomic E-state index is 0.0152. The summed E-state index contributed by atoms with van der Waals surface area (Å²) in [5, 5.41) is 3.55. The van der Waals surface area contributed by atoms with Gasteiger partial charge in [-0.1, -0.05) is 51.1 Å². The van der Waals surface area contributed by atoms with Gasteiger partial charge in [0.1, 0.15) is 5.82 Å². The van der Waals surface area contributed by atoms with Crippen LogP contribution in [0.4, 0.5) is 10.1 Å². The van der Waals surface area contributed by atoms with Crippen molar-refractivity contribution in [3.8, 4) is 0 Å². The van der Waals surface area contributed by atoms with Gasteiger partial charge in [-0.3, -0.25) is 0 Å². The van der Waals surface area contributed by atoms with Crippen molar-refractivity contribution in [1.29, 1.82) is 0 Å². The number of hydrogen-bond donors (Lipinski definition) is 2. The highest BCUT2D eigenvalue weighted by Crippen LogP contribution is 2.33. The summed E-state index contributed by atoms with van der Waals surface area (Å²) < 4.78 is 13.1. The lowest BCUT2D eigenvalue weighted by Gasteiger charge is -2.32. The van der Waals surface area contributed by atoms with Crippen LogP contribution in [-0.2, 0) is 6.54 Å². The number of nitrogen functional groups attached to an aromatic ring is 1. The van der Waals surface area contributed by atoms with Gasteiger partial charge in [-0.15, -0.1) is 0 Å². The summed E-state index contributed by atoms with van der Waals surface area (Å²) in [6.45, 7) is 7.19. The van der Waals surface area contributed by atoms with Gasteiger partial charge in [0.15, 0.2) is 0 Å². The summed E-state index contributed by atoms with van der Waals surface area (Å²) in [4.78, 5) is 0. The smallest absolute Gasteiger partial charge is 0.123 e. The zero-order valence-electron chi connectivity index (χ0n) is 12.9. The molecule has 0 amide bonds. The van der Waals surface area contributed by atoms with E-state index in [1.54, 1.807) is 0 Å². The van der Waals surface area contributed by atoms with Gasteiger partial charge < -0.3 is 11.1 Å². The molecule has 21 heavy (non-hydrogen) atoms. The number of hydrogen-bond acceptors (Lipinski definition) is 2. The summed E-state index contributed by atoms with van der Waals surface area (Å²) in [6.07, 6.45) is 0. The van der Waals surface area contributed by atoms with Crippen LogP contribution in [0.1, 0.15) is 37.9 Å². The van der Waals surface area contributed by atoms with Crippen LogP contribution in [0.2, 0.25) is 0 Å². The lowest BCUT2D eigenvalue weighted by atomic mass is 9.82. The van der Waals surface area contributed by atoms with Crippen molar-refractivity contribution in [3.63, 3.8) is 0 Å². The Labute approximate surface area is 126 Å². The first-order valence-corrected chi connectivity index (χ1v) is 7.20. The van der Waals surface area contributed by atoms with E-state index in [1.807, 2.05) is 36.4 Å². The Morgan fingerprint density at radius 2 is 1.67 bits per heavy atom. The molecule has 2 rings (SSSR count). The Bertz CT molecular complexity index is 585. The first-order chi connectivity index (χ1) is 9.88. The molecule has 0 saturated heterocycles. The standard InChI is InChI=1S/C18H23FN2/c1-18(2,3)17(13-8-10-15(19)11-9-13)21-12-14-6-4-5-7-16(14)20/h4-11,17,21H,12,20H2,1-3H3. The molecule has 112 valence electrons. The summed E-state index contributed by atoms with van der Waals surface area (Å²) in [6, 6.07) is 14.7. The molecule has 2 aromatic rings. The molecule has 1 atom stereocenters. The lowest BCUT2D eigenvalue weighted by Crippen LogP contribution is -2.32. The van der Waals surface area contributed by atoms with Crippen molar-refractivity contribution in [3.05, 3.63) is 65.5 Å². The van der Waals surface area contributed by atoms with Crippen molar-refractivity contribution in [2.45, 2.75) is 33.4 Å². The number of nitrogens with one attached hydrogen (secondary N) is 1. The summed E-state index contributed by atoms with van der Waals surface area (Å²) in [5.74, 6) is -0.210. The van der Waals surface area contributed by atoms with Crippen molar-refractivity contribution in [1.82, 2.24) is 5.32 Å². The number of benzene rings is 2. The van der Waals surface area contributed by atoms with E-state index in [9.17, 15) is 4.39 Å². The molecule has 0 aliphatic carbocycles. The number of para-hydroxylation sites is 1. The molecule has 3 heteroatoms. The van der Waals surface area contributed by atoms with Crippen LogP contribution in [0, 0.1) is 11.2 Å². The molecule has 0 aliphatic rings. The Hall–Kier alpha value is -1.87. The van der Waals surface area contributed by atoms with Crippen molar-refractivity contribution >= 4 is 5.69 Å². The fourth-order valence-corrected chi connectivity index (χ4v) is 2.49. The van der Waals surface area contributed by atoms with Gasteiger partial charge in [0.05, 0.1) is 0 Å². The molecule has 0 fully saturated rings. The highest BCUT2D eigenvalue weighted by Gasteiger charge is 2.25. The zero-order chi connectivity index (χ0) is 15.5. The maximum atomic E-state index is 13.1. The monoisotopic (exact) mass is 286 g/mol. The fraction of sp³-hybridized carbons (Fsp3) is 0.333. The van der Waals surface area contributed by atoms with Crippen LogP contribution in [0.15, 0.2) is 48.5 Å². The summed E-state index contributed by atoms with van der Waals surface area (Å²) >= 11 is 0. The van der Waals surface area contributed by atoms with Crippen LogP contribution >= 0.6 is 0 Å². The Balaban J connectivity index is 2.18. The van der Waals surface area contributed by atoms with Crippen molar-refractivity contribution in [2.24, 2.45) is 5.41 Å². The Morgan fingerprint density at radius 1 is 1.05 bits per heavy atom. The molecule has 3 N–H and O–H groups in total. The third-order valence-corrected chi connectivity index (χ3v) is 3.62. The van der Waals surface area contributed by atoms with Crippen molar-refractivity contribution < 1.29 is 4.39 Å². The topological polar surface area (TPSA) is 38.0 Å². The third kappa shape index (κ3) is 4.05. The predicted molar refractivity (Wildman–Crippen MR) is 86.3 cm³/mol. The molecule has 2 nitrogen and oxygen atoms in total. The van der Waals surface area contributed by atoms with Gasteiger partial charge in [-0.25, -0.2) is 4.39 Å². The van der Waals surface area contributed by atoms with E-state index < -0.39 is 0 Å². The predicted octanol–water partition coefficient (Wildman–Crippen LogP) is 4.28. The maximum Gasteiger partial charge on any atom is 0.123 e. The number of rotatable bonds is 4. The van der Waals surface area contributed by atoms with Crippen LogP contribution in [0.3, 0.4) is 0 Å². The van der Waals surface area contributed by atoms with Crippen LogP contribution in [-0.4, -0.2) is 0 Å². The normalized spacial score (nSPS) is 13.1. The van der Waals surface area contributed by atoms with E-state index in [1.165, 1.54) is 12.1 Å². The Kier molecular flexibility index (Phi) is 4.63. The van der Waals surface area contributed by atoms with E-state index in [0.717, 1.165) is 16.8 Å². The average Bonchev–Trinajstić information content (AvgIpc) is 2.41. The van der Waals surface area contributed by atoms with Crippen LogP contribution in [0.25, 0.3) is 0 Å². The van der Waals surface area contributed by atoms with E-state index in [-0.39, 0.29) is 17.3 Å². The number of nitrogens with two attached hydrogens (primary N) is 1. The SMILES string of the molecule is CC(C)(C)C(NCc1ccccc1N)c1ccc(F)cc1. The molecule has 0 bridgehead atoms. The molecule has 0 spiro atoms. The zero-order valence-corrected chi connectivity index (χ0v) is 12.9. The summed E-state index contributed by atoms with van der Waals surface area (Å²) in [5.41, 5.74) is 8.95. The molecular weight excluding hydrogens is 263 g/mol. The fourth-order valence-electron chi connectivity index (χ4n) is 2.49. The second-order valence-corrected chi connectivity index (χ2v) is 6.43. The Morgan fingerprint density at radius 3 is 2.24 bits per heavy atom. The number of halogens is 1. The van der Waals surface area contributed by atoms with Gasteiger partial charge in [0.25, 0.3) is 0 Å². The van der Waals surface area contributed by atoms with Gasteiger partial charge in [-0.2, -0.15) is 0 Å². The second-order valence-electron chi connectivity index (χ2n) is 6.43. The first-order valence-electron chi connectivity index (χ1n) is 7.20. The van der Waals surface area contributed by atoms with Crippen molar-refractivity contribution in [2.75, 3.05) is 5.73 Å². The minimum atomic E-state index is -0.210. The maximum absolute atomic E-state index is 13.1. The highest BCUT2D eigenvalue weighted by molar-refractivity contribution is 5.46. The number of anilines is 1. The van der Waals surface area contributed by atoms with E-state index in [2.05, 4.69) is 26.1 Å². The van der Waals surface area contributed by atoms with Gasteiger partial charge in [0, 0.05) is 18.3 Å². The highest BCUT2D eigenvalue weighted by atomic mass is 19.1. The quantitative estimate of drug-likeness (QED) is 0.823. The average molecular weight is 286 g/mol. The van der Waals surface area contributed by atoms with E-state index >= 15 is 0 Å². The van der Waals surface area contributed by atoms with E-state index in [0.29, 0.717) is 6.54 Å². The van der Waals surface area contributed by atoms with Gasteiger partial charge in [0.2, 0.25) is 0 Å². The minimum Gasteiger partial charge on any atom is -0.398 e. The summed E-state index contributed by atoms with van der Waals surface area (Å²) in [7, 11) is 0. The molecule has 1 unspecified atom stereocenters. The van der Waals surface area contributed by atoms with Gasteiger partial charge in [-0.05, 0) is 34.7 Å². The van der Waals surface area contributed by atoms with Gasteiger partial charge >= 0.3 is 0 Å². The molecule has 0 heterocycles. The molecule has 0 aromatic heterocycles. The van der Waals surface area contributed by atoms with E-state index in [4.69, 9.17) is 5.73 Å². The first kappa shape index (κ1) is 15.5. The molecule has 2 aromatic carbocycles. The third-order valence-electron chi connectivity index (χ3n) is 3.62. The second kappa shape index (κ2) is 6.27.